The average molecular weight is 345 g/mol. The lowest BCUT2D eigenvalue weighted by Crippen LogP contribution is -2.42. The van der Waals surface area contributed by atoms with Crippen molar-refractivity contribution in [2.75, 3.05) is 37.6 Å². The van der Waals surface area contributed by atoms with E-state index in [2.05, 4.69) is 28.2 Å². The molecule has 138 valence electrons. The van der Waals surface area contributed by atoms with Crippen LogP contribution in [-0.2, 0) is 0 Å². The van der Waals surface area contributed by atoms with Gasteiger partial charge in [0.05, 0.1) is 0 Å². The van der Waals surface area contributed by atoms with Crippen LogP contribution in [0.4, 0.5) is 10.5 Å². The third kappa shape index (κ3) is 5.10. The van der Waals surface area contributed by atoms with Crippen LogP contribution in [0.3, 0.4) is 0 Å². The monoisotopic (exact) mass is 344 g/mol. The smallest absolute Gasteiger partial charge is 0.317 e. The van der Waals surface area contributed by atoms with Crippen LogP contribution in [0.1, 0.15) is 50.5 Å². The normalized spacial score (nSPS) is 19.1. The molecule has 2 fully saturated rings. The number of rotatable bonds is 5. The maximum Gasteiger partial charge on any atom is 0.317 e. The number of amides is 2. The van der Waals surface area contributed by atoms with E-state index in [0.29, 0.717) is 0 Å². The molecule has 2 amide bonds. The second kappa shape index (κ2) is 9.07. The van der Waals surface area contributed by atoms with E-state index in [9.17, 15) is 4.79 Å². The highest BCUT2D eigenvalue weighted by Crippen LogP contribution is 2.28. The van der Waals surface area contributed by atoms with Gasteiger partial charge in [-0.2, -0.15) is 0 Å². The number of pyridine rings is 1. The molecule has 1 saturated carbocycles. The van der Waals surface area contributed by atoms with Gasteiger partial charge in [-0.25, -0.2) is 4.79 Å². The van der Waals surface area contributed by atoms with Gasteiger partial charge in [-0.3, -0.25) is 4.98 Å². The first-order valence-corrected chi connectivity index (χ1v) is 9.92. The van der Waals surface area contributed by atoms with E-state index in [-0.39, 0.29) is 6.03 Å². The van der Waals surface area contributed by atoms with Crippen molar-refractivity contribution in [1.29, 1.82) is 0 Å². The Morgan fingerprint density at radius 2 is 2.04 bits per heavy atom. The maximum absolute atomic E-state index is 12.4. The molecule has 2 heterocycles. The van der Waals surface area contributed by atoms with Crippen LogP contribution in [0.15, 0.2) is 18.5 Å². The molecule has 0 aromatic carbocycles. The Balaban J connectivity index is 1.41. The minimum absolute atomic E-state index is 0.111. The molecule has 0 unspecified atom stereocenters. The van der Waals surface area contributed by atoms with Crippen LogP contribution >= 0.6 is 0 Å². The van der Waals surface area contributed by atoms with Crippen molar-refractivity contribution in [2.24, 2.45) is 5.92 Å². The van der Waals surface area contributed by atoms with Crippen LogP contribution in [0, 0.1) is 12.8 Å². The fraction of sp³-hybridized carbons (Fsp3) is 0.700. The van der Waals surface area contributed by atoms with Gasteiger partial charge in [0.15, 0.2) is 0 Å². The van der Waals surface area contributed by atoms with Crippen molar-refractivity contribution in [3.8, 4) is 0 Å². The van der Waals surface area contributed by atoms with Crippen LogP contribution in [0.2, 0.25) is 0 Å². The number of hydrogen-bond donors (Lipinski definition) is 1. The van der Waals surface area contributed by atoms with Gasteiger partial charge in [-0.05, 0) is 43.7 Å². The number of aromatic nitrogens is 1. The summed E-state index contributed by atoms with van der Waals surface area (Å²) in [6, 6.07) is 2.19. The summed E-state index contributed by atoms with van der Waals surface area (Å²) in [6.07, 6.45) is 12.8. The molecule has 1 aliphatic carbocycles. The molecule has 1 aromatic heterocycles. The number of anilines is 1. The van der Waals surface area contributed by atoms with Gasteiger partial charge in [0.25, 0.3) is 0 Å². The minimum atomic E-state index is 0.111. The van der Waals surface area contributed by atoms with Gasteiger partial charge in [0.2, 0.25) is 0 Å². The van der Waals surface area contributed by atoms with Crippen molar-refractivity contribution < 1.29 is 4.79 Å². The van der Waals surface area contributed by atoms with Gasteiger partial charge in [0, 0.05) is 50.8 Å². The van der Waals surface area contributed by atoms with E-state index < -0.39 is 0 Å². The summed E-state index contributed by atoms with van der Waals surface area (Å²) in [5, 5.41) is 3.13. The van der Waals surface area contributed by atoms with Gasteiger partial charge in [-0.15, -0.1) is 0 Å². The maximum atomic E-state index is 12.4. The lowest BCUT2D eigenvalue weighted by Gasteiger charge is -2.25. The number of carbonyl (C=O) groups excluding carboxylic acids is 1. The quantitative estimate of drug-likeness (QED) is 0.831. The van der Waals surface area contributed by atoms with Gasteiger partial charge < -0.3 is 15.1 Å². The van der Waals surface area contributed by atoms with Crippen molar-refractivity contribution >= 4 is 11.7 Å². The van der Waals surface area contributed by atoms with Crippen LogP contribution in [-0.4, -0.2) is 48.6 Å². The molecule has 5 heteroatoms. The van der Waals surface area contributed by atoms with E-state index in [1.165, 1.54) is 43.4 Å². The summed E-state index contributed by atoms with van der Waals surface area (Å²) >= 11 is 0. The van der Waals surface area contributed by atoms with Crippen LogP contribution in [0.5, 0.6) is 0 Å². The van der Waals surface area contributed by atoms with Gasteiger partial charge in [0.1, 0.15) is 0 Å². The number of aryl methyl sites for hydroxylation is 1. The van der Waals surface area contributed by atoms with E-state index >= 15 is 0 Å². The van der Waals surface area contributed by atoms with Crippen molar-refractivity contribution in [3.05, 3.63) is 24.0 Å². The molecule has 5 nitrogen and oxygen atoms in total. The highest BCUT2D eigenvalue weighted by atomic mass is 16.2. The zero-order valence-corrected chi connectivity index (χ0v) is 15.5. The fourth-order valence-corrected chi connectivity index (χ4v) is 4.18. The lowest BCUT2D eigenvalue weighted by molar-refractivity contribution is 0.201. The fourth-order valence-electron chi connectivity index (χ4n) is 4.18. The third-order valence-corrected chi connectivity index (χ3v) is 5.65. The Hall–Kier alpha value is -1.78. The van der Waals surface area contributed by atoms with Gasteiger partial charge >= 0.3 is 6.03 Å². The van der Waals surface area contributed by atoms with E-state index in [0.717, 1.165) is 51.5 Å². The zero-order valence-electron chi connectivity index (χ0n) is 15.5. The molecule has 0 spiro atoms. The summed E-state index contributed by atoms with van der Waals surface area (Å²) < 4.78 is 0. The topological polar surface area (TPSA) is 48.5 Å². The Labute approximate surface area is 151 Å². The first kappa shape index (κ1) is 18.0. The Morgan fingerprint density at radius 1 is 1.20 bits per heavy atom. The van der Waals surface area contributed by atoms with Crippen molar-refractivity contribution in [1.82, 2.24) is 15.2 Å². The molecule has 1 aliphatic heterocycles. The molecule has 1 aromatic rings. The highest BCUT2D eigenvalue weighted by Gasteiger charge is 2.20. The van der Waals surface area contributed by atoms with Crippen LogP contribution < -0.4 is 10.2 Å². The van der Waals surface area contributed by atoms with E-state index in [4.69, 9.17) is 0 Å². The molecular weight excluding hydrogens is 312 g/mol. The van der Waals surface area contributed by atoms with Gasteiger partial charge in [-0.1, -0.05) is 25.7 Å². The molecular formula is C20H32N4O. The number of nitrogens with one attached hydrogen (secondary N) is 1. The molecule has 1 saturated heterocycles. The molecule has 0 atom stereocenters. The summed E-state index contributed by atoms with van der Waals surface area (Å²) in [4.78, 5) is 21.0. The molecule has 2 aliphatic rings. The van der Waals surface area contributed by atoms with Crippen molar-refractivity contribution in [3.63, 3.8) is 0 Å². The first-order valence-electron chi connectivity index (χ1n) is 9.92. The molecule has 0 radical (unpaired) electrons. The number of hydrogen-bond acceptors (Lipinski definition) is 3. The molecule has 3 rings (SSSR count). The molecule has 25 heavy (non-hydrogen) atoms. The second-order valence-corrected chi connectivity index (χ2v) is 7.51. The first-order chi connectivity index (χ1) is 12.2. The molecule has 1 N–H and O–H groups in total. The summed E-state index contributed by atoms with van der Waals surface area (Å²) in [5.74, 6) is 0.909. The SMILES string of the molecule is Cc1cnccc1N1CCCN(C(=O)NCCCC2CCCC2)CC1. The standard InChI is InChI=1S/C20H32N4O/c1-17-16-21-11-9-19(17)23-12-5-13-24(15-14-23)20(25)22-10-4-8-18-6-2-3-7-18/h9,11,16,18H,2-8,10,12-15H2,1H3,(H,22,25). The highest BCUT2D eigenvalue weighted by molar-refractivity contribution is 5.74. The third-order valence-electron chi connectivity index (χ3n) is 5.65. The molecule has 0 bridgehead atoms. The second-order valence-electron chi connectivity index (χ2n) is 7.51. The Morgan fingerprint density at radius 3 is 2.84 bits per heavy atom. The summed E-state index contributed by atoms with van der Waals surface area (Å²) in [6.45, 7) is 6.43. The number of carbonyl (C=O) groups is 1. The zero-order chi connectivity index (χ0) is 17.5. The predicted octanol–water partition coefficient (Wildman–Crippen LogP) is 3.58. The predicted molar refractivity (Wildman–Crippen MR) is 102 cm³/mol. The summed E-state index contributed by atoms with van der Waals surface area (Å²) in [7, 11) is 0. The van der Waals surface area contributed by atoms with Crippen molar-refractivity contribution in [2.45, 2.75) is 51.9 Å². The largest absolute Gasteiger partial charge is 0.369 e. The number of nitrogens with zero attached hydrogens (tertiary/aromatic N) is 3. The lowest BCUT2D eigenvalue weighted by atomic mass is 10.0. The minimum Gasteiger partial charge on any atom is -0.369 e. The average Bonchev–Trinajstić information content (AvgIpc) is 3.02. The summed E-state index contributed by atoms with van der Waals surface area (Å²) in [5.41, 5.74) is 2.45. The van der Waals surface area contributed by atoms with E-state index in [1.807, 2.05) is 17.3 Å². The number of urea groups is 1. The van der Waals surface area contributed by atoms with Crippen LogP contribution in [0.25, 0.3) is 0 Å². The van der Waals surface area contributed by atoms with E-state index in [1.54, 1.807) is 0 Å². The Kier molecular flexibility index (Phi) is 6.54. The Bertz CT molecular complexity index is 556.